The Kier molecular flexibility index (Phi) is 6.34. The van der Waals surface area contributed by atoms with Gasteiger partial charge >= 0.3 is 5.97 Å². The van der Waals surface area contributed by atoms with Crippen molar-refractivity contribution in [1.29, 1.82) is 0 Å². The fourth-order valence-corrected chi connectivity index (χ4v) is 0.995. The third kappa shape index (κ3) is 5.48. The Labute approximate surface area is 82.1 Å². The summed E-state index contributed by atoms with van der Waals surface area (Å²) >= 11 is 3.85. The fourth-order valence-electron chi connectivity index (χ4n) is 0.792. The van der Waals surface area contributed by atoms with Crippen LogP contribution >= 0.6 is 12.6 Å². The molecule has 0 aliphatic heterocycles. The minimum Gasteiger partial charge on any atom is -0.480 e. The predicted octanol–water partition coefficient (Wildman–Crippen LogP) is -0.776. The van der Waals surface area contributed by atoms with Crippen LogP contribution in [0.5, 0.6) is 0 Å². The highest BCUT2D eigenvalue weighted by Gasteiger charge is 2.17. The van der Waals surface area contributed by atoms with Crippen LogP contribution in [0.15, 0.2) is 0 Å². The van der Waals surface area contributed by atoms with Gasteiger partial charge < -0.3 is 16.2 Å². The van der Waals surface area contributed by atoms with Gasteiger partial charge in [-0.2, -0.15) is 12.6 Å². The summed E-state index contributed by atoms with van der Waals surface area (Å²) in [5, 5.41) is 11.0. The molecule has 0 aromatic carbocycles. The SMILES string of the molecule is NCCC(NC(=O)CCS)C(=O)O. The highest BCUT2D eigenvalue weighted by atomic mass is 32.1. The molecule has 13 heavy (non-hydrogen) atoms. The zero-order chi connectivity index (χ0) is 10.3. The number of carbonyl (C=O) groups is 2. The summed E-state index contributed by atoms with van der Waals surface area (Å²) in [6, 6.07) is -0.877. The van der Waals surface area contributed by atoms with Crippen molar-refractivity contribution >= 4 is 24.5 Å². The van der Waals surface area contributed by atoms with E-state index in [4.69, 9.17) is 10.8 Å². The van der Waals surface area contributed by atoms with Crippen molar-refractivity contribution < 1.29 is 14.7 Å². The van der Waals surface area contributed by atoms with Gasteiger partial charge in [0.25, 0.3) is 0 Å². The number of hydrogen-bond donors (Lipinski definition) is 4. The molecule has 0 bridgehead atoms. The molecule has 0 aliphatic rings. The van der Waals surface area contributed by atoms with E-state index in [0.29, 0.717) is 5.75 Å². The first-order chi connectivity index (χ1) is 6.11. The molecule has 0 fully saturated rings. The van der Waals surface area contributed by atoms with Crippen molar-refractivity contribution in [3.05, 3.63) is 0 Å². The molecule has 0 aromatic heterocycles. The van der Waals surface area contributed by atoms with Crippen LogP contribution in [0.25, 0.3) is 0 Å². The molecule has 6 heteroatoms. The highest BCUT2D eigenvalue weighted by molar-refractivity contribution is 7.80. The molecule has 0 saturated heterocycles. The monoisotopic (exact) mass is 206 g/mol. The summed E-state index contributed by atoms with van der Waals surface area (Å²) in [7, 11) is 0. The van der Waals surface area contributed by atoms with Crippen molar-refractivity contribution in [3.8, 4) is 0 Å². The Morgan fingerprint density at radius 3 is 2.54 bits per heavy atom. The second-order valence-corrected chi connectivity index (χ2v) is 2.96. The quantitative estimate of drug-likeness (QED) is 0.429. The number of rotatable bonds is 6. The zero-order valence-electron chi connectivity index (χ0n) is 7.19. The summed E-state index contributed by atoms with van der Waals surface area (Å²) in [5.41, 5.74) is 5.19. The third-order valence-electron chi connectivity index (χ3n) is 1.43. The van der Waals surface area contributed by atoms with Gasteiger partial charge in [0.1, 0.15) is 6.04 Å². The Morgan fingerprint density at radius 2 is 2.15 bits per heavy atom. The van der Waals surface area contributed by atoms with E-state index in [1.54, 1.807) is 0 Å². The number of carboxylic acids is 1. The molecule has 0 radical (unpaired) electrons. The highest BCUT2D eigenvalue weighted by Crippen LogP contribution is 1.92. The number of amides is 1. The number of thiol groups is 1. The van der Waals surface area contributed by atoms with Crippen LogP contribution in [0.4, 0.5) is 0 Å². The number of carbonyl (C=O) groups excluding carboxylic acids is 1. The van der Waals surface area contributed by atoms with Crippen molar-refractivity contribution in [2.24, 2.45) is 5.73 Å². The average molecular weight is 206 g/mol. The Hall–Kier alpha value is -0.750. The Bertz CT molecular complexity index is 187. The third-order valence-corrected chi connectivity index (χ3v) is 1.65. The van der Waals surface area contributed by atoms with E-state index in [1.165, 1.54) is 0 Å². The maximum atomic E-state index is 11.0. The summed E-state index contributed by atoms with van der Waals surface area (Å²) in [5.74, 6) is -0.963. The van der Waals surface area contributed by atoms with E-state index in [-0.39, 0.29) is 25.3 Å². The molecule has 1 unspecified atom stereocenters. The van der Waals surface area contributed by atoms with Gasteiger partial charge in [0.15, 0.2) is 0 Å². The topological polar surface area (TPSA) is 92.4 Å². The van der Waals surface area contributed by atoms with Gasteiger partial charge in [0.05, 0.1) is 0 Å². The van der Waals surface area contributed by atoms with E-state index >= 15 is 0 Å². The molecule has 0 saturated carbocycles. The summed E-state index contributed by atoms with van der Waals surface area (Å²) in [4.78, 5) is 21.5. The smallest absolute Gasteiger partial charge is 0.326 e. The Balaban J connectivity index is 3.94. The second-order valence-electron chi connectivity index (χ2n) is 2.51. The van der Waals surface area contributed by atoms with E-state index in [1.807, 2.05) is 0 Å². The van der Waals surface area contributed by atoms with E-state index in [0.717, 1.165) is 0 Å². The standard InChI is InChI=1S/C7H14N2O3S/c8-3-1-5(7(11)12)9-6(10)2-4-13/h5,13H,1-4,8H2,(H,9,10)(H,11,12). The van der Waals surface area contributed by atoms with Crippen molar-refractivity contribution in [2.75, 3.05) is 12.3 Å². The summed E-state index contributed by atoms with van der Waals surface area (Å²) < 4.78 is 0. The average Bonchev–Trinajstić information content (AvgIpc) is 2.04. The van der Waals surface area contributed by atoms with Crippen molar-refractivity contribution in [2.45, 2.75) is 18.9 Å². The van der Waals surface area contributed by atoms with Crippen molar-refractivity contribution in [1.82, 2.24) is 5.32 Å². The van der Waals surface area contributed by atoms with Gasteiger partial charge in [-0.1, -0.05) is 0 Å². The Morgan fingerprint density at radius 1 is 1.54 bits per heavy atom. The lowest BCUT2D eigenvalue weighted by molar-refractivity contribution is -0.141. The first-order valence-corrected chi connectivity index (χ1v) is 4.58. The number of nitrogens with one attached hydrogen (secondary N) is 1. The normalized spacial score (nSPS) is 12.2. The van der Waals surface area contributed by atoms with Crippen LogP contribution in [0, 0.1) is 0 Å². The maximum Gasteiger partial charge on any atom is 0.326 e. The van der Waals surface area contributed by atoms with E-state index < -0.39 is 12.0 Å². The molecule has 0 aromatic rings. The van der Waals surface area contributed by atoms with Crippen LogP contribution < -0.4 is 11.1 Å². The van der Waals surface area contributed by atoms with E-state index in [2.05, 4.69) is 17.9 Å². The van der Waals surface area contributed by atoms with Gasteiger partial charge in [-0.25, -0.2) is 4.79 Å². The lowest BCUT2D eigenvalue weighted by Gasteiger charge is -2.12. The number of nitrogens with two attached hydrogens (primary N) is 1. The fraction of sp³-hybridized carbons (Fsp3) is 0.714. The lowest BCUT2D eigenvalue weighted by atomic mass is 10.2. The van der Waals surface area contributed by atoms with Gasteiger partial charge in [-0.15, -0.1) is 0 Å². The van der Waals surface area contributed by atoms with Crippen LogP contribution in [-0.4, -0.2) is 35.3 Å². The molecule has 76 valence electrons. The van der Waals surface area contributed by atoms with Gasteiger partial charge in [-0.3, -0.25) is 4.79 Å². The maximum absolute atomic E-state index is 11.0. The molecular weight excluding hydrogens is 192 g/mol. The van der Waals surface area contributed by atoms with Crippen LogP contribution in [0.2, 0.25) is 0 Å². The minimum atomic E-state index is -1.06. The number of aliphatic carboxylic acids is 1. The molecule has 0 heterocycles. The van der Waals surface area contributed by atoms with Gasteiger partial charge in [0, 0.05) is 6.42 Å². The van der Waals surface area contributed by atoms with Gasteiger partial charge in [0.2, 0.25) is 5.91 Å². The van der Waals surface area contributed by atoms with Gasteiger partial charge in [-0.05, 0) is 18.7 Å². The molecule has 0 spiro atoms. The number of hydrogen-bond acceptors (Lipinski definition) is 4. The largest absolute Gasteiger partial charge is 0.480 e. The summed E-state index contributed by atoms with van der Waals surface area (Å²) in [6.07, 6.45) is 0.463. The molecule has 5 nitrogen and oxygen atoms in total. The second kappa shape index (κ2) is 6.73. The lowest BCUT2D eigenvalue weighted by Crippen LogP contribution is -2.42. The zero-order valence-corrected chi connectivity index (χ0v) is 8.09. The molecule has 1 atom stereocenters. The minimum absolute atomic E-state index is 0.220. The van der Waals surface area contributed by atoms with Crippen molar-refractivity contribution in [3.63, 3.8) is 0 Å². The first kappa shape index (κ1) is 12.2. The van der Waals surface area contributed by atoms with Crippen LogP contribution in [-0.2, 0) is 9.59 Å². The van der Waals surface area contributed by atoms with Crippen LogP contribution in [0.3, 0.4) is 0 Å². The molecule has 1 amide bonds. The predicted molar refractivity (Wildman–Crippen MR) is 51.7 cm³/mol. The molecular formula is C7H14N2O3S. The number of carboxylic acid groups (broad SMARTS) is 1. The molecule has 4 N–H and O–H groups in total. The summed E-state index contributed by atoms with van der Waals surface area (Å²) in [6.45, 7) is 0.234. The molecule has 0 aliphatic carbocycles. The van der Waals surface area contributed by atoms with Crippen LogP contribution in [0.1, 0.15) is 12.8 Å². The molecule has 0 rings (SSSR count). The van der Waals surface area contributed by atoms with E-state index in [9.17, 15) is 9.59 Å². The first-order valence-electron chi connectivity index (χ1n) is 3.95.